The van der Waals surface area contributed by atoms with Gasteiger partial charge in [0.1, 0.15) is 11.5 Å². The van der Waals surface area contributed by atoms with Crippen LogP contribution in [0.2, 0.25) is 0 Å². The van der Waals surface area contributed by atoms with Crippen molar-refractivity contribution in [2.45, 2.75) is 19.8 Å². The monoisotopic (exact) mass is 341 g/mol. The van der Waals surface area contributed by atoms with Gasteiger partial charge in [0.2, 0.25) is 5.91 Å². The SMILES string of the molecule is COc1ccc(CCNC(=O)Cc2cc(C(C)=O)ccc2OC)cc1. The van der Waals surface area contributed by atoms with Crippen molar-refractivity contribution < 1.29 is 19.1 Å². The predicted octanol–water partition coefficient (Wildman–Crippen LogP) is 2.81. The Hall–Kier alpha value is -2.82. The number of ether oxygens (including phenoxy) is 2. The number of benzene rings is 2. The van der Waals surface area contributed by atoms with Gasteiger partial charge in [-0.25, -0.2) is 0 Å². The Morgan fingerprint density at radius 1 is 1.00 bits per heavy atom. The van der Waals surface area contributed by atoms with Gasteiger partial charge in [-0.2, -0.15) is 0 Å². The van der Waals surface area contributed by atoms with E-state index in [-0.39, 0.29) is 18.1 Å². The van der Waals surface area contributed by atoms with Crippen LogP contribution in [-0.4, -0.2) is 32.5 Å². The van der Waals surface area contributed by atoms with Gasteiger partial charge < -0.3 is 14.8 Å². The fourth-order valence-corrected chi connectivity index (χ4v) is 2.51. The summed E-state index contributed by atoms with van der Waals surface area (Å²) in [6.07, 6.45) is 0.910. The maximum absolute atomic E-state index is 12.2. The molecule has 0 fully saturated rings. The molecule has 5 heteroatoms. The Bertz CT molecular complexity index is 738. The molecule has 0 bridgehead atoms. The van der Waals surface area contributed by atoms with Crippen molar-refractivity contribution in [2.24, 2.45) is 0 Å². The van der Waals surface area contributed by atoms with Gasteiger partial charge in [0.15, 0.2) is 5.78 Å². The van der Waals surface area contributed by atoms with E-state index in [4.69, 9.17) is 9.47 Å². The van der Waals surface area contributed by atoms with Gasteiger partial charge in [0.25, 0.3) is 0 Å². The van der Waals surface area contributed by atoms with E-state index in [1.165, 1.54) is 6.92 Å². The molecule has 0 saturated carbocycles. The molecule has 132 valence electrons. The van der Waals surface area contributed by atoms with Crippen molar-refractivity contribution >= 4 is 11.7 Å². The van der Waals surface area contributed by atoms with Gasteiger partial charge in [-0.1, -0.05) is 12.1 Å². The van der Waals surface area contributed by atoms with Crippen LogP contribution >= 0.6 is 0 Å². The zero-order chi connectivity index (χ0) is 18.2. The van der Waals surface area contributed by atoms with Crippen LogP contribution in [0.3, 0.4) is 0 Å². The Morgan fingerprint density at radius 2 is 1.72 bits per heavy atom. The highest BCUT2D eigenvalue weighted by molar-refractivity contribution is 5.94. The summed E-state index contributed by atoms with van der Waals surface area (Å²) in [6.45, 7) is 2.04. The normalized spacial score (nSPS) is 10.2. The standard InChI is InChI=1S/C20H23NO4/c1-14(22)16-6-9-19(25-3)17(12-16)13-20(23)21-11-10-15-4-7-18(24-2)8-5-15/h4-9,12H,10-11,13H2,1-3H3,(H,21,23). The molecule has 25 heavy (non-hydrogen) atoms. The van der Waals surface area contributed by atoms with Crippen LogP contribution in [0.4, 0.5) is 0 Å². The number of carbonyl (C=O) groups is 2. The van der Waals surface area contributed by atoms with Crippen molar-refractivity contribution in [3.63, 3.8) is 0 Å². The fraction of sp³-hybridized carbons (Fsp3) is 0.300. The molecule has 0 aliphatic carbocycles. The molecule has 0 aliphatic heterocycles. The molecule has 2 rings (SSSR count). The molecule has 1 N–H and O–H groups in total. The summed E-state index contributed by atoms with van der Waals surface area (Å²) in [5, 5.41) is 2.90. The third kappa shape index (κ3) is 5.35. The van der Waals surface area contributed by atoms with E-state index in [0.29, 0.717) is 23.4 Å². The minimum atomic E-state index is -0.104. The lowest BCUT2D eigenvalue weighted by atomic mass is 10.0. The maximum Gasteiger partial charge on any atom is 0.224 e. The zero-order valence-corrected chi connectivity index (χ0v) is 14.8. The van der Waals surface area contributed by atoms with Crippen molar-refractivity contribution in [3.05, 3.63) is 59.2 Å². The second-order valence-corrected chi connectivity index (χ2v) is 5.71. The summed E-state index contributed by atoms with van der Waals surface area (Å²) in [6, 6.07) is 12.9. The van der Waals surface area contributed by atoms with E-state index >= 15 is 0 Å². The Labute approximate surface area is 148 Å². The quantitative estimate of drug-likeness (QED) is 0.750. The molecule has 0 unspecified atom stereocenters. The second-order valence-electron chi connectivity index (χ2n) is 5.71. The van der Waals surface area contributed by atoms with E-state index in [9.17, 15) is 9.59 Å². The van der Waals surface area contributed by atoms with Crippen LogP contribution < -0.4 is 14.8 Å². The minimum Gasteiger partial charge on any atom is -0.497 e. The summed E-state index contributed by atoms with van der Waals surface area (Å²) in [5.41, 5.74) is 2.40. The highest BCUT2D eigenvalue weighted by Crippen LogP contribution is 2.21. The molecule has 0 aromatic heterocycles. The minimum absolute atomic E-state index is 0.0381. The van der Waals surface area contributed by atoms with Crippen LogP contribution in [0.15, 0.2) is 42.5 Å². The molecule has 0 atom stereocenters. The number of hydrogen-bond acceptors (Lipinski definition) is 4. The van der Waals surface area contributed by atoms with Crippen molar-refractivity contribution in [3.8, 4) is 11.5 Å². The first-order valence-electron chi connectivity index (χ1n) is 8.11. The number of rotatable bonds is 8. The number of carbonyl (C=O) groups excluding carboxylic acids is 2. The number of hydrogen-bond donors (Lipinski definition) is 1. The Balaban J connectivity index is 1.91. The van der Waals surface area contributed by atoms with E-state index in [1.54, 1.807) is 32.4 Å². The first-order chi connectivity index (χ1) is 12.0. The lowest BCUT2D eigenvalue weighted by Crippen LogP contribution is -2.27. The Kier molecular flexibility index (Phi) is 6.57. The lowest BCUT2D eigenvalue weighted by Gasteiger charge is -2.10. The van der Waals surface area contributed by atoms with Gasteiger partial charge >= 0.3 is 0 Å². The first-order valence-corrected chi connectivity index (χ1v) is 8.11. The molecule has 0 radical (unpaired) electrons. The summed E-state index contributed by atoms with van der Waals surface area (Å²) in [7, 11) is 3.18. The van der Waals surface area contributed by atoms with Crippen LogP contribution in [0.5, 0.6) is 11.5 Å². The highest BCUT2D eigenvalue weighted by Gasteiger charge is 2.11. The fourth-order valence-electron chi connectivity index (χ4n) is 2.51. The highest BCUT2D eigenvalue weighted by atomic mass is 16.5. The Morgan fingerprint density at radius 3 is 2.32 bits per heavy atom. The topological polar surface area (TPSA) is 64.6 Å². The van der Waals surface area contributed by atoms with Crippen LogP contribution in [0, 0.1) is 0 Å². The average molecular weight is 341 g/mol. The molecule has 5 nitrogen and oxygen atoms in total. The lowest BCUT2D eigenvalue weighted by molar-refractivity contribution is -0.120. The molecule has 0 heterocycles. The molecular weight excluding hydrogens is 318 g/mol. The van der Waals surface area contributed by atoms with Crippen LogP contribution in [-0.2, 0) is 17.6 Å². The number of methoxy groups -OCH3 is 2. The summed E-state index contributed by atoms with van der Waals surface area (Å²) in [5.74, 6) is 1.27. The van der Waals surface area contributed by atoms with Gasteiger partial charge in [0, 0.05) is 17.7 Å². The van der Waals surface area contributed by atoms with Crippen LogP contribution in [0.1, 0.15) is 28.4 Å². The number of amides is 1. The van der Waals surface area contributed by atoms with Gasteiger partial charge in [-0.05, 0) is 49.2 Å². The molecule has 2 aromatic rings. The van der Waals surface area contributed by atoms with E-state index < -0.39 is 0 Å². The van der Waals surface area contributed by atoms with Crippen molar-refractivity contribution in [2.75, 3.05) is 20.8 Å². The largest absolute Gasteiger partial charge is 0.497 e. The van der Waals surface area contributed by atoms with E-state index in [2.05, 4.69) is 5.32 Å². The van der Waals surface area contributed by atoms with Gasteiger partial charge in [-0.15, -0.1) is 0 Å². The molecule has 2 aromatic carbocycles. The second kappa shape index (κ2) is 8.87. The predicted molar refractivity (Wildman–Crippen MR) is 96.4 cm³/mol. The molecule has 0 spiro atoms. The van der Waals surface area contributed by atoms with E-state index in [1.807, 2.05) is 24.3 Å². The average Bonchev–Trinajstić information content (AvgIpc) is 2.62. The molecular formula is C20H23NO4. The number of ketones is 1. The number of Topliss-reactive ketones (excluding diaryl/α,β-unsaturated/α-hetero) is 1. The van der Waals surface area contributed by atoms with Crippen LogP contribution in [0.25, 0.3) is 0 Å². The summed E-state index contributed by atoms with van der Waals surface area (Å²) < 4.78 is 10.4. The third-order valence-electron chi connectivity index (χ3n) is 3.93. The zero-order valence-electron chi connectivity index (χ0n) is 14.8. The van der Waals surface area contributed by atoms with Gasteiger partial charge in [-0.3, -0.25) is 9.59 Å². The van der Waals surface area contributed by atoms with Crippen molar-refractivity contribution in [1.29, 1.82) is 0 Å². The van der Waals surface area contributed by atoms with E-state index in [0.717, 1.165) is 17.7 Å². The first kappa shape index (κ1) is 18.5. The molecule has 0 saturated heterocycles. The maximum atomic E-state index is 12.2. The number of nitrogens with one attached hydrogen (secondary N) is 1. The van der Waals surface area contributed by atoms with Crippen molar-refractivity contribution in [1.82, 2.24) is 5.32 Å². The smallest absolute Gasteiger partial charge is 0.224 e. The summed E-state index contributed by atoms with van der Waals surface area (Å²) in [4.78, 5) is 23.7. The molecule has 0 aliphatic rings. The van der Waals surface area contributed by atoms with Gasteiger partial charge in [0.05, 0.1) is 20.6 Å². The third-order valence-corrected chi connectivity index (χ3v) is 3.93. The molecule has 1 amide bonds. The summed E-state index contributed by atoms with van der Waals surface area (Å²) >= 11 is 0.